The van der Waals surface area contributed by atoms with Gasteiger partial charge in [0.2, 0.25) is 5.56 Å². The summed E-state index contributed by atoms with van der Waals surface area (Å²) in [6.45, 7) is 5.10. The molecule has 0 saturated carbocycles. The van der Waals surface area contributed by atoms with Gasteiger partial charge in [-0.3, -0.25) is 4.79 Å². The van der Waals surface area contributed by atoms with E-state index in [-0.39, 0.29) is 10.9 Å². The average molecular weight is 324 g/mol. The van der Waals surface area contributed by atoms with E-state index in [0.717, 1.165) is 25.1 Å². The number of aromatic nitrogens is 1. The third-order valence-corrected chi connectivity index (χ3v) is 4.53. The molecule has 3 rings (SSSR count). The summed E-state index contributed by atoms with van der Waals surface area (Å²) in [6, 6.07) is 5.88. The maximum atomic E-state index is 13.2. The summed E-state index contributed by atoms with van der Waals surface area (Å²) in [5.41, 5.74) is -0.614. The average Bonchev–Trinajstić information content (AvgIpc) is 2.94. The fraction of sp³-hybridized carbons (Fsp3) is 0.471. The van der Waals surface area contributed by atoms with Crippen molar-refractivity contribution in [3.8, 4) is 0 Å². The number of H-pyrrole nitrogens is 1. The van der Waals surface area contributed by atoms with Gasteiger partial charge in [-0.05, 0) is 37.0 Å². The Bertz CT molecular complexity index is 779. The molecule has 1 saturated heterocycles. The van der Waals surface area contributed by atoms with Crippen LogP contribution in [0.4, 0.5) is 18.9 Å². The summed E-state index contributed by atoms with van der Waals surface area (Å²) in [4.78, 5) is 16.1. The second kappa shape index (κ2) is 5.58. The number of anilines is 1. The number of alkyl halides is 3. The van der Waals surface area contributed by atoms with Crippen LogP contribution in [0.15, 0.2) is 29.1 Å². The Morgan fingerprint density at radius 2 is 2.00 bits per heavy atom. The van der Waals surface area contributed by atoms with Crippen LogP contribution in [-0.2, 0) is 6.18 Å². The van der Waals surface area contributed by atoms with E-state index in [1.54, 1.807) is 18.2 Å². The summed E-state index contributed by atoms with van der Waals surface area (Å²) in [5.74, 6) is 0.436. The molecule has 3 nitrogen and oxygen atoms in total. The highest BCUT2D eigenvalue weighted by Crippen LogP contribution is 2.36. The maximum absolute atomic E-state index is 13.2. The minimum atomic E-state index is -4.55. The summed E-state index contributed by atoms with van der Waals surface area (Å²) >= 11 is 0. The second-order valence-corrected chi connectivity index (χ2v) is 6.42. The molecule has 1 unspecified atom stereocenters. The van der Waals surface area contributed by atoms with E-state index in [1.165, 1.54) is 0 Å². The number of nitrogens with zero attached hydrogens (tertiary/aromatic N) is 1. The second-order valence-electron chi connectivity index (χ2n) is 6.42. The van der Waals surface area contributed by atoms with Crippen molar-refractivity contribution >= 4 is 16.6 Å². The van der Waals surface area contributed by atoms with E-state index < -0.39 is 17.3 Å². The molecule has 0 aliphatic carbocycles. The molecular formula is C17H19F3N2O. The smallest absolute Gasteiger partial charge is 0.368 e. The zero-order chi connectivity index (χ0) is 16.8. The van der Waals surface area contributed by atoms with E-state index in [9.17, 15) is 18.0 Å². The molecule has 1 N–H and O–H groups in total. The van der Waals surface area contributed by atoms with Gasteiger partial charge in [0.1, 0.15) is 0 Å². The molecule has 0 radical (unpaired) electrons. The Balaban J connectivity index is 2.15. The fourth-order valence-corrected chi connectivity index (χ4v) is 3.46. The van der Waals surface area contributed by atoms with Crippen molar-refractivity contribution in [2.24, 2.45) is 5.92 Å². The van der Waals surface area contributed by atoms with Gasteiger partial charge in [0.05, 0.1) is 5.56 Å². The SMILES string of the molecule is CC(C)C1CCCN1c1ccc2[nH]c(=O)cc(C(F)(F)F)c2c1. The zero-order valence-electron chi connectivity index (χ0n) is 13.1. The Hall–Kier alpha value is -1.98. The van der Waals surface area contributed by atoms with Crippen molar-refractivity contribution in [2.45, 2.75) is 38.9 Å². The number of aromatic amines is 1. The fourth-order valence-electron chi connectivity index (χ4n) is 3.46. The lowest BCUT2D eigenvalue weighted by atomic mass is 10.0. The van der Waals surface area contributed by atoms with Gasteiger partial charge in [-0.25, -0.2) is 0 Å². The highest BCUT2D eigenvalue weighted by molar-refractivity contribution is 5.86. The number of rotatable bonds is 2. The lowest BCUT2D eigenvalue weighted by Crippen LogP contribution is -2.33. The van der Waals surface area contributed by atoms with Crippen molar-refractivity contribution in [1.29, 1.82) is 0 Å². The number of hydrogen-bond donors (Lipinski definition) is 1. The maximum Gasteiger partial charge on any atom is 0.417 e. The highest BCUT2D eigenvalue weighted by atomic mass is 19.4. The number of hydrogen-bond acceptors (Lipinski definition) is 2. The molecule has 23 heavy (non-hydrogen) atoms. The van der Waals surface area contributed by atoms with Gasteiger partial charge < -0.3 is 9.88 Å². The van der Waals surface area contributed by atoms with Crippen molar-refractivity contribution < 1.29 is 13.2 Å². The van der Waals surface area contributed by atoms with E-state index in [4.69, 9.17) is 0 Å². The number of pyridine rings is 1. The molecule has 0 bridgehead atoms. The molecule has 1 aromatic carbocycles. The van der Waals surface area contributed by atoms with Crippen LogP contribution in [0, 0.1) is 5.92 Å². The van der Waals surface area contributed by atoms with Crippen LogP contribution < -0.4 is 10.5 Å². The molecule has 2 aromatic rings. The van der Waals surface area contributed by atoms with Crippen LogP contribution in [0.5, 0.6) is 0 Å². The monoisotopic (exact) mass is 324 g/mol. The first kappa shape index (κ1) is 15.9. The summed E-state index contributed by atoms with van der Waals surface area (Å²) in [6.07, 6.45) is -2.46. The number of fused-ring (bicyclic) bond motifs is 1. The van der Waals surface area contributed by atoms with E-state index in [0.29, 0.717) is 18.0 Å². The quantitative estimate of drug-likeness (QED) is 0.900. The Kier molecular flexibility index (Phi) is 3.86. The molecular weight excluding hydrogens is 305 g/mol. The molecule has 1 aliphatic rings. The largest absolute Gasteiger partial charge is 0.417 e. The molecule has 124 valence electrons. The van der Waals surface area contributed by atoms with Crippen LogP contribution in [0.2, 0.25) is 0 Å². The van der Waals surface area contributed by atoms with Crippen molar-refractivity contribution in [1.82, 2.24) is 4.98 Å². The van der Waals surface area contributed by atoms with Crippen LogP contribution in [0.1, 0.15) is 32.3 Å². The number of benzene rings is 1. The van der Waals surface area contributed by atoms with Gasteiger partial charge in [-0.15, -0.1) is 0 Å². The molecule has 1 aromatic heterocycles. The van der Waals surface area contributed by atoms with Gasteiger partial charge in [0.25, 0.3) is 0 Å². The van der Waals surface area contributed by atoms with Crippen molar-refractivity contribution in [3.63, 3.8) is 0 Å². The molecule has 0 spiro atoms. The Morgan fingerprint density at radius 1 is 1.26 bits per heavy atom. The minimum absolute atomic E-state index is 0.0454. The summed E-state index contributed by atoms with van der Waals surface area (Å²) in [7, 11) is 0. The van der Waals surface area contributed by atoms with Gasteiger partial charge >= 0.3 is 6.18 Å². The summed E-state index contributed by atoms with van der Waals surface area (Å²) < 4.78 is 39.7. The normalized spacial score (nSPS) is 19.0. The number of halogens is 3. The molecule has 1 fully saturated rings. The first-order chi connectivity index (χ1) is 10.8. The zero-order valence-corrected chi connectivity index (χ0v) is 13.1. The Labute approximate surface area is 132 Å². The van der Waals surface area contributed by atoms with Crippen LogP contribution in [-0.4, -0.2) is 17.6 Å². The van der Waals surface area contributed by atoms with Crippen molar-refractivity contribution in [3.05, 3.63) is 40.2 Å². The van der Waals surface area contributed by atoms with E-state index in [1.807, 2.05) is 0 Å². The topological polar surface area (TPSA) is 36.1 Å². The van der Waals surface area contributed by atoms with Crippen LogP contribution in [0.3, 0.4) is 0 Å². The molecule has 0 amide bonds. The molecule has 6 heteroatoms. The number of nitrogens with one attached hydrogen (secondary N) is 1. The standard InChI is InChI=1S/C17H19F3N2O/c1-10(2)15-4-3-7-22(15)11-5-6-14-12(8-11)13(17(18,19)20)9-16(23)21-14/h5-6,8-10,15H,3-4,7H2,1-2H3,(H,21,23). The molecule has 1 atom stereocenters. The molecule has 1 aliphatic heterocycles. The third-order valence-electron chi connectivity index (χ3n) is 4.53. The first-order valence-corrected chi connectivity index (χ1v) is 7.78. The Morgan fingerprint density at radius 3 is 2.65 bits per heavy atom. The summed E-state index contributed by atoms with van der Waals surface area (Å²) in [5, 5.41) is 0.0454. The van der Waals surface area contributed by atoms with E-state index in [2.05, 4.69) is 23.7 Å². The van der Waals surface area contributed by atoms with Gasteiger partial charge in [0, 0.05) is 35.2 Å². The van der Waals surface area contributed by atoms with Crippen LogP contribution in [0.25, 0.3) is 10.9 Å². The predicted molar refractivity (Wildman–Crippen MR) is 84.8 cm³/mol. The van der Waals surface area contributed by atoms with E-state index >= 15 is 0 Å². The van der Waals surface area contributed by atoms with Crippen LogP contribution >= 0.6 is 0 Å². The minimum Gasteiger partial charge on any atom is -0.368 e. The van der Waals surface area contributed by atoms with Gasteiger partial charge in [-0.1, -0.05) is 13.8 Å². The lowest BCUT2D eigenvalue weighted by Gasteiger charge is -2.30. The highest BCUT2D eigenvalue weighted by Gasteiger charge is 2.34. The first-order valence-electron chi connectivity index (χ1n) is 7.78. The van der Waals surface area contributed by atoms with Crippen molar-refractivity contribution in [2.75, 3.05) is 11.4 Å². The third kappa shape index (κ3) is 2.94. The predicted octanol–water partition coefficient (Wildman–Crippen LogP) is 4.17. The van der Waals surface area contributed by atoms with Gasteiger partial charge in [-0.2, -0.15) is 13.2 Å². The lowest BCUT2D eigenvalue weighted by molar-refractivity contribution is -0.136. The molecule has 2 heterocycles. The van der Waals surface area contributed by atoms with Gasteiger partial charge in [0.15, 0.2) is 0 Å².